The van der Waals surface area contributed by atoms with Gasteiger partial charge in [-0.1, -0.05) is 19.4 Å². The van der Waals surface area contributed by atoms with Crippen LogP contribution in [0.15, 0.2) is 24.3 Å². The van der Waals surface area contributed by atoms with Crippen molar-refractivity contribution in [3.05, 3.63) is 29.8 Å². The Morgan fingerprint density at radius 1 is 1.43 bits per heavy atom. The Hall–Kier alpha value is -1.55. The van der Waals surface area contributed by atoms with E-state index in [0.29, 0.717) is 18.2 Å². The van der Waals surface area contributed by atoms with Gasteiger partial charge in [0, 0.05) is 18.2 Å². The highest BCUT2D eigenvalue weighted by Gasteiger charge is 2.13. The van der Waals surface area contributed by atoms with E-state index in [9.17, 15) is 4.79 Å². The first-order valence-corrected chi connectivity index (χ1v) is 8.04. The van der Waals surface area contributed by atoms with Crippen LogP contribution in [-0.4, -0.2) is 31.6 Å². The van der Waals surface area contributed by atoms with Gasteiger partial charge in [-0.2, -0.15) is 0 Å². The van der Waals surface area contributed by atoms with Gasteiger partial charge in [0.2, 0.25) is 0 Å². The van der Waals surface area contributed by atoms with Crippen LogP contribution in [0, 0.1) is 0 Å². The molecule has 1 aliphatic rings. The van der Waals surface area contributed by atoms with Crippen LogP contribution in [0.2, 0.25) is 0 Å². The summed E-state index contributed by atoms with van der Waals surface area (Å²) in [6, 6.07) is 7.94. The lowest BCUT2D eigenvalue weighted by Crippen LogP contribution is -2.37. The molecule has 1 unspecified atom stereocenters. The topological polar surface area (TPSA) is 50.4 Å². The monoisotopic (exact) mass is 290 g/mol. The molecule has 116 valence electrons. The molecular formula is C17H26N2O2. The van der Waals surface area contributed by atoms with Crippen molar-refractivity contribution in [3.8, 4) is 5.75 Å². The molecule has 4 nitrogen and oxygen atoms in total. The van der Waals surface area contributed by atoms with E-state index in [1.165, 1.54) is 19.3 Å². The number of hydrogen-bond donors (Lipinski definition) is 2. The van der Waals surface area contributed by atoms with Crippen LogP contribution in [0.1, 0.15) is 49.4 Å². The minimum atomic E-state index is -0.0206. The highest BCUT2D eigenvalue weighted by atomic mass is 16.5. The molecular weight excluding hydrogens is 264 g/mol. The largest absolute Gasteiger partial charge is 0.494 e. The molecule has 0 spiro atoms. The summed E-state index contributed by atoms with van der Waals surface area (Å²) in [5.41, 5.74) is 0.667. The zero-order valence-corrected chi connectivity index (χ0v) is 12.9. The van der Waals surface area contributed by atoms with E-state index in [1.807, 2.05) is 24.3 Å². The molecule has 0 bridgehead atoms. The normalized spacial score (nSPS) is 18.2. The third-order valence-corrected chi connectivity index (χ3v) is 3.76. The summed E-state index contributed by atoms with van der Waals surface area (Å²) in [5.74, 6) is 0.742. The lowest BCUT2D eigenvalue weighted by Gasteiger charge is -2.23. The predicted molar refractivity (Wildman–Crippen MR) is 84.8 cm³/mol. The minimum Gasteiger partial charge on any atom is -0.494 e. The molecule has 0 aliphatic carbocycles. The zero-order chi connectivity index (χ0) is 14.9. The highest BCUT2D eigenvalue weighted by Crippen LogP contribution is 2.14. The summed E-state index contributed by atoms with van der Waals surface area (Å²) in [6.07, 6.45) is 5.74. The van der Waals surface area contributed by atoms with E-state index >= 15 is 0 Å². The first-order valence-electron chi connectivity index (χ1n) is 8.04. The number of carbonyl (C=O) groups excluding carboxylic acids is 1. The molecule has 1 fully saturated rings. The fourth-order valence-electron chi connectivity index (χ4n) is 2.58. The molecule has 0 radical (unpaired) electrons. The Labute approximate surface area is 127 Å². The lowest BCUT2D eigenvalue weighted by molar-refractivity contribution is 0.0951. The van der Waals surface area contributed by atoms with E-state index < -0.39 is 0 Å². The summed E-state index contributed by atoms with van der Waals surface area (Å²) in [7, 11) is 0. The maximum Gasteiger partial charge on any atom is 0.251 e. The first-order chi connectivity index (χ1) is 10.3. The molecule has 1 amide bonds. The number of hydrogen-bond acceptors (Lipinski definition) is 3. The van der Waals surface area contributed by atoms with E-state index in [0.717, 1.165) is 31.7 Å². The number of nitrogens with one attached hydrogen (secondary N) is 2. The number of piperidine rings is 1. The second-order valence-electron chi connectivity index (χ2n) is 5.57. The van der Waals surface area contributed by atoms with E-state index in [4.69, 9.17) is 4.74 Å². The number of amides is 1. The van der Waals surface area contributed by atoms with Gasteiger partial charge in [-0.25, -0.2) is 0 Å². The highest BCUT2D eigenvalue weighted by molar-refractivity contribution is 5.94. The van der Waals surface area contributed by atoms with Crippen molar-refractivity contribution in [3.63, 3.8) is 0 Å². The molecule has 2 rings (SSSR count). The third-order valence-electron chi connectivity index (χ3n) is 3.76. The zero-order valence-electron chi connectivity index (χ0n) is 12.9. The van der Waals surface area contributed by atoms with Crippen molar-refractivity contribution < 1.29 is 9.53 Å². The van der Waals surface area contributed by atoms with Crippen LogP contribution in [0.3, 0.4) is 0 Å². The smallest absolute Gasteiger partial charge is 0.251 e. The standard InChI is InChI=1S/C17H26N2O2/c1-2-12-21-16-8-5-6-14(13-16)17(20)19-11-9-15-7-3-4-10-18-15/h5-6,8,13,15,18H,2-4,7,9-12H2,1H3,(H,19,20). The van der Waals surface area contributed by atoms with Crippen LogP contribution in [0.4, 0.5) is 0 Å². The average Bonchev–Trinajstić information content (AvgIpc) is 2.54. The molecule has 1 aromatic rings. The Morgan fingerprint density at radius 3 is 3.10 bits per heavy atom. The van der Waals surface area contributed by atoms with Gasteiger partial charge in [0.05, 0.1) is 6.61 Å². The van der Waals surface area contributed by atoms with E-state index in [2.05, 4.69) is 17.6 Å². The molecule has 0 saturated carbocycles. The molecule has 1 saturated heterocycles. The van der Waals surface area contributed by atoms with Crippen molar-refractivity contribution in [2.45, 2.75) is 45.1 Å². The number of ether oxygens (including phenoxy) is 1. The van der Waals surface area contributed by atoms with Gasteiger partial charge < -0.3 is 15.4 Å². The second kappa shape index (κ2) is 8.67. The molecule has 1 heterocycles. The Morgan fingerprint density at radius 2 is 2.33 bits per heavy atom. The summed E-state index contributed by atoms with van der Waals surface area (Å²) in [4.78, 5) is 12.1. The summed E-state index contributed by atoms with van der Waals surface area (Å²) < 4.78 is 5.56. The molecule has 21 heavy (non-hydrogen) atoms. The molecule has 1 atom stereocenters. The Balaban J connectivity index is 1.76. The molecule has 1 aromatic carbocycles. The van der Waals surface area contributed by atoms with Crippen molar-refractivity contribution in [2.24, 2.45) is 0 Å². The van der Waals surface area contributed by atoms with E-state index in [-0.39, 0.29) is 5.91 Å². The SMILES string of the molecule is CCCOc1cccc(C(=O)NCCC2CCCCN2)c1. The van der Waals surface area contributed by atoms with E-state index in [1.54, 1.807) is 0 Å². The number of carbonyl (C=O) groups is 1. The van der Waals surface area contributed by atoms with Crippen molar-refractivity contribution in [1.29, 1.82) is 0 Å². The molecule has 2 N–H and O–H groups in total. The van der Waals surface area contributed by atoms with Gasteiger partial charge in [0.25, 0.3) is 5.91 Å². The summed E-state index contributed by atoms with van der Waals surface area (Å²) in [5, 5.41) is 6.49. The van der Waals surface area contributed by atoms with Gasteiger partial charge in [-0.05, 0) is 50.4 Å². The molecule has 1 aliphatic heterocycles. The fourth-order valence-corrected chi connectivity index (χ4v) is 2.58. The second-order valence-corrected chi connectivity index (χ2v) is 5.57. The third kappa shape index (κ3) is 5.38. The van der Waals surface area contributed by atoms with Crippen LogP contribution in [0.5, 0.6) is 5.75 Å². The minimum absolute atomic E-state index is 0.0206. The van der Waals surface area contributed by atoms with Gasteiger partial charge >= 0.3 is 0 Å². The summed E-state index contributed by atoms with van der Waals surface area (Å²) >= 11 is 0. The van der Waals surface area contributed by atoms with Crippen molar-refractivity contribution in [2.75, 3.05) is 19.7 Å². The van der Waals surface area contributed by atoms with Gasteiger partial charge in [-0.15, -0.1) is 0 Å². The first kappa shape index (κ1) is 15.8. The lowest BCUT2D eigenvalue weighted by atomic mass is 10.0. The van der Waals surface area contributed by atoms with Gasteiger partial charge in [-0.3, -0.25) is 4.79 Å². The van der Waals surface area contributed by atoms with Crippen LogP contribution in [0.25, 0.3) is 0 Å². The van der Waals surface area contributed by atoms with Crippen LogP contribution >= 0.6 is 0 Å². The Kier molecular flexibility index (Phi) is 6.54. The van der Waals surface area contributed by atoms with Crippen LogP contribution in [-0.2, 0) is 0 Å². The maximum atomic E-state index is 12.1. The van der Waals surface area contributed by atoms with Gasteiger partial charge in [0.1, 0.15) is 5.75 Å². The average molecular weight is 290 g/mol. The van der Waals surface area contributed by atoms with Crippen molar-refractivity contribution >= 4 is 5.91 Å². The Bertz CT molecular complexity index is 442. The predicted octanol–water partition coefficient (Wildman–Crippen LogP) is 2.74. The molecule has 4 heteroatoms. The molecule has 0 aromatic heterocycles. The quantitative estimate of drug-likeness (QED) is 0.812. The summed E-state index contributed by atoms with van der Waals surface area (Å²) in [6.45, 7) is 4.57. The fraction of sp³-hybridized carbons (Fsp3) is 0.588. The van der Waals surface area contributed by atoms with Crippen molar-refractivity contribution in [1.82, 2.24) is 10.6 Å². The number of benzene rings is 1. The van der Waals surface area contributed by atoms with Crippen LogP contribution < -0.4 is 15.4 Å². The number of rotatable bonds is 7. The van der Waals surface area contributed by atoms with Gasteiger partial charge in [0.15, 0.2) is 0 Å². The maximum absolute atomic E-state index is 12.1.